The van der Waals surface area contributed by atoms with Gasteiger partial charge in [-0.05, 0) is 32.9 Å². The van der Waals surface area contributed by atoms with Crippen LogP contribution in [0.5, 0.6) is 5.75 Å². The summed E-state index contributed by atoms with van der Waals surface area (Å²) in [6.45, 7) is 6.40. The second-order valence-electron chi connectivity index (χ2n) is 6.70. The van der Waals surface area contributed by atoms with Gasteiger partial charge in [0.05, 0.1) is 13.7 Å². The van der Waals surface area contributed by atoms with Crippen LogP contribution in [0.15, 0.2) is 18.2 Å². The molecule has 132 valence electrons. The van der Waals surface area contributed by atoms with Gasteiger partial charge in [-0.1, -0.05) is 0 Å². The van der Waals surface area contributed by atoms with Gasteiger partial charge >= 0.3 is 12.1 Å². The highest BCUT2D eigenvalue weighted by Crippen LogP contribution is 2.26. The Kier molecular flexibility index (Phi) is 5.21. The molecule has 24 heavy (non-hydrogen) atoms. The van der Waals surface area contributed by atoms with E-state index in [2.05, 4.69) is 0 Å². The van der Waals surface area contributed by atoms with Crippen molar-refractivity contribution in [3.05, 3.63) is 23.8 Å². The summed E-state index contributed by atoms with van der Waals surface area (Å²) in [5.74, 6) is -0.134. The first kappa shape index (κ1) is 17.9. The predicted molar refractivity (Wildman–Crippen MR) is 89.0 cm³/mol. The normalized spacial score (nSPS) is 17.5. The van der Waals surface area contributed by atoms with Gasteiger partial charge in [0.15, 0.2) is 0 Å². The molecule has 1 aliphatic heterocycles. The lowest BCUT2D eigenvalue weighted by atomic mass is 10.1. The summed E-state index contributed by atoms with van der Waals surface area (Å²) in [6.07, 6.45) is 0.0476. The summed E-state index contributed by atoms with van der Waals surface area (Å²) in [4.78, 5) is 25.5. The Balaban J connectivity index is 2.04. The zero-order valence-electron chi connectivity index (χ0n) is 14.5. The van der Waals surface area contributed by atoms with Crippen molar-refractivity contribution >= 4 is 17.7 Å². The van der Waals surface area contributed by atoms with E-state index in [0.29, 0.717) is 36.5 Å². The first-order chi connectivity index (χ1) is 11.2. The number of hydrogen-bond acceptors (Lipinski definition) is 6. The van der Waals surface area contributed by atoms with Crippen LogP contribution >= 0.6 is 0 Å². The molecule has 1 aromatic rings. The van der Waals surface area contributed by atoms with Gasteiger partial charge in [-0.2, -0.15) is 0 Å². The molecule has 0 radical (unpaired) electrons. The Hall–Kier alpha value is -2.44. The van der Waals surface area contributed by atoms with E-state index in [1.807, 2.05) is 20.8 Å². The molecule has 1 heterocycles. The molecule has 0 spiro atoms. The van der Waals surface area contributed by atoms with Crippen molar-refractivity contribution in [2.75, 3.05) is 25.9 Å². The first-order valence-electron chi connectivity index (χ1n) is 7.82. The Morgan fingerprint density at radius 2 is 2.00 bits per heavy atom. The number of esters is 1. The average molecular weight is 336 g/mol. The molecule has 1 fully saturated rings. The van der Waals surface area contributed by atoms with E-state index >= 15 is 0 Å². The minimum Gasteiger partial charge on any atom is -0.488 e. The van der Waals surface area contributed by atoms with Crippen LogP contribution in [0.4, 0.5) is 10.5 Å². The molecule has 2 rings (SSSR count). The summed E-state index contributed by atoms with van der Waals surface area (Å²) >= 11 is 0. The molecule has 7 nitrogen and oxygen atoms in total. The molecule has 1 unspecified atom stereocenters. The lowest BCUT2D eigenvalue weighted by Gasteiger charge is -2.24. The molecule has 1 amide bonds. The lowest BCUT2D eigenvalue weighted by molar-refractivity contribution is 0.0274. The summed E-state index contributed by atoms with van der Waals surface area (Å²) in [7, 11) is 1.31. The Morgan fingerprint density at radius 1 is 1.29 bits per heavy atom. The minimum atomic E-state index is -0.540. The van der Waals surface area contributed by atoms with Crippen molar-refractivity contribution in [3.8, 4) is 5.75 Å². The van der Waals surface area contributed by atoms with E-state index in [9.17, 15) is 9.59 Å². The monoisotopic (exact) mass is 336 g/mol. The van der Waals surface area contributed by atoms with Gasteiger partial charge in [-0.15, -0.1) is 0 Å². The first-order valence-corrected chi connectivity index (χ1v) is 7.82. The third-order valence-corrected chi connectivity index (χ3v) is 3.50. The van der Waals surface area contributed by atoms with Crippen LogP contribution in [0, 0.1) is 0 Å². The zero-order valence-corrected chi connectivity index (χ0v) is 14.5. The fourth-order valence-corrected chi connectivity index (χ4v) is 2.41. The van der Waals surface area contributed by atoms with E-state index in [1.165, 1.54) is 7.11 Å². The molecule has 1 saturated heterocycles. The maximum absolute atomic E-state index is 12.1. The van der Waals surface area contributed by atoms with Crippen LogP contribution in [0.25, 0.3) is 0 Å². The molecule has 0 aliphatic carbocycles. The van der Waals surface area contributed by atoms with Crippen molar-refractivity contribution in [2.24, 2.45) is 0 Å². The third kappa shape index (κ3) is 4.53. The molecule has 1 atom stereocenters. The number of carbonyl (C=O) groups is 2. The topological polar surface area (TPSA) is 91.1 Å². The van der Waals surface area contributed by atoms with E-state index in [-0.39, 0.29) is 12.2 Å². The number of benzene rings is 1. The second-order valence-corrected chi connectivity index (χ2v) is 6.70. The number of nitrogens with zero attached hydrogens (tertiary/aromatic N) is 1. The smallest absolute Gasteiger partial charge is 0.410 e. The summed E-state index contributed by atoms with van der Waals surface area (Å²) in [5.41, 5.74) is 6.03. The number of anilines is 1. The molecule has 2 N–H and O–H groups in total. The molecule has 0 aromatic heterocycles. The van der Waals surface area contributed by atoms with Gasteiger partial charge in [-0.3, -0.25) is 0 Å². The van der Waals surface area contributed by atoms with Gasteiger partial charge in [0.1, 0.15) is 23.0 Å². The third-order valence-electron chi connectivity index (χ3n) is 3.50. The van der Waals surface area contributed by atoms with E-state index in [1.54, 1.807) is 23.1 Å². The zero-order chi connectivity index (χ0) is 17.9. The molecule has 0 saturated carbocycles. The van der Waals surface area contributed by atoms with Crippen LogP contribution in [-0.4, -0.2) is 48.9 Å². The fourth-order valence-electron chi connectivity index (χ4n) is 2.41. The van der Waals surface area contributed by atoms with Gasteiger partial charge in [0.25, 0.3) is 0 Å². The van der Waals surface area contributed by atoms with Crippen molar-refractivity contribution < 1.29 is 23.8 Å². The van der Waals surface area contributed by atoms with Gasteiger partial charge in [0, 0.05) is 24.7 Å². The number of rotatable bonds is 3. The number of ether oxygens (including phenoxy) is 3. The summed E-state index contributed by atoms with van der Waals surface area (Å²) in [5, 5.41) is 0. The average Bonchev–Trinajstić information content (AvgIpc) is 2.93. The quantitative estimate of drug-likeness (QED) is 0.673. The van der Waals surface area contributed by atoms with Crippen LogP contribution in [0.3, 0.4) is 0 Å². The number of nitrogen functional groups attached to an aromatic ring is 1. The number of methoxy groups -OCH3 is 1. The van der Waals surface area contributed by atoms with Gasteiger partial charge in [-0.25, -0.2) is 9.59 Å². The van der Waals surface area contributed by atoms with E-state index in [0.717, 1.165) is 0 Å². The minimum absolute atomic E-state index is 0.234. The predicted octanol–water partition coefficient (Wildman–Crippen LogP) is 2.44. The maximum atomic E-state index is 12.1. The highest BCUT2D eigenvalue weighted by atomic mass is 16.6. The fraction of sp³-hybridized carbons (Fsp3) is 0.529. The van der Waals surface area contributed by atoms with Crippen molar-refractivity contribution in [2.45, 2.75) is 38.9 Å². The maximum Gasteiger partial charge on any atom is 0.410 e. The molecule has 0 bridgehead atoms. The molecule has 7 heteroatoms. The van der Waals surface area contributed by atoms with Crippen LogP contribution in [0.1, 0.15) is 37.6 Å². The van der Waals surface area contributed by atoms with Crippen LogP contribution in [0.2, 0.25) is 0 Å². The van der Waals surface area contributed by atoms with Crippen LogP contribution < -0.4 is 10.5 Å². The standard InChI is InChI=1S/C17H24N2O5/c1-17(2,3)24-16(21)19-8-7-12(10-19)23-14-9-11(18)5-6-13(14)15(20)22-4/h5-6,9,12H,7-8,10,18H2,1-4H3. The Morgan fingerprint density at radius 3 is 2.62 bits per heavy atom. The Labute approximate surface area is 141 Å². The molecular weight excluding hydrogens is 312 g/mol. The summed E-state index contributed by atoms with van der Waals surface area (Å²) in [6, 6.07) is 4.76. The van der Waals surface area contributed by atoms with E-state index in [4.69, 9.17) is 19.9 Å². The van der Waals surface area contributed by atoms with Gasteiger partial charge in [0.2, 0.25) is 0 Å². The number of likely N-dealkylation sites (tertiary alicyclic amines) is 1. The summed E-state index contributed by atoms with van der Waals surface area (Å²) < 4.78 is 16.0. The van der Waals surface area contributed by atoms with Crippen LogP contribution in [-0.2, 0) is 9.47 Å². The van der Waals surface area contributed by atoms with Crippen molar-refractivity contribution in [3.63, 3.8) is 0 Å². The highest BCUT2D eigenvalue weighted by Gasteiger charge is 2.31. The molecule has 1 aromatic carbocycles. The largest absolute Gasteiger partial charge is 0.488 e. The number of nitrogens with two attached hydrogens (primary N) is 1. The molecule has 1 aliphatic rings. The number of amides is 1. The van der Waals surface area contributed by atoms with Crippen molar-refractivity contribution in [1.29, 1.82) is 0 Å². The highest BCUT2D eigenvalue weighted by molar-refractivity contribution is 5.93. The number of carbonyl (C=O) groups excluding carboxylic acids is 2. The SMILES string of the molecule is COC(=O)c1ccc(N)cc1OC1CCN(C(=O)OC(C)(C)C)C1. The molecular formula is C17H24N2O5. The lowest BCUT2D eigenvalue weighted by Crippen LogP contribution is -2.36. The van der Waals surface area contributed by atoms with Gasteiger partial charge < -0.3 is 24.8 Å². The van der Waals surface area contributed by atoms with E-state index < -0.39 is 11.6 Å². The van der Waals surface area contributed by atoms with Crippen molar-refractivity contribution in [1.82, 2.24) is 4.90 Å². The number of hydrogen-bond donors (Lipinski definition) is 1. The second kappa shape index (κ2) is 6.98. The Bertz CT molecular complexity index is 624.